The minimum absolute atomic E-state index is 0.0240. The Balaban J connectivity index is 1.33. The van der Waals surface area contributed by atoms with Crippen molar-refractivity contribution in [2.24, 2.45) is 0 Å². The van der Waals surface area contributed by atoms with Gasteiger partial charge in [0.1, 0.15) is 13.2 Å². The number of carbonyl (C=O) groups is 1. The summed E-state index contributed by atoms with van der Waals surface area (Å²) in [5.74, 6) is 0.315. The molecule has 2 aromatic heterocycles. The van der Waals surface area contributed by atoms with E-state index in [0.29, 0.717) is 53.8 Å². The zero-order valence-electron chi connectivity index (χ0n) is 15.3. The van der Waals surface area contributed by atoms with Gasteiger partial charge in [-0.25, -0.2) is 4.79 Å². The summed E-state index contributed by atoms with van der Waals surface area (Å²) in [6.45, 7) is 3.06. The monoisotopic (exact) mass is 406 g/mol. The Morgan fingerprint density at radius 2 is 2.14 bits per heavy atom. The molecule has 0 atom stereocenters. The predicted octanol–water partition coefficient (Wildman–Crippen LogP) is 2.15. The maximum Gasteiger partial charge on any atom is 0.420 e. The number of ether oxygens (including phenoxy) is 1. The van der Waals surface area contributed by atoms with E-state index >= 15 is 0 Å². The number of hydrogen-bond acceptors (Lipinski definition) is 7. The first-order valence-corrected chi connectivity index (χ1v) is 9.35. The van der Waals surface area contributed by atoms with Crippen LogP contribution in [0, 0.1) is 6.92 Å². The van der Waals surface area contributed by atoms with Gasteiger partial charge in [-0.05, 0) is 31.9 Å². The molecule has 148 valence electrons. The van der Waals surface area contributed by atoms with Crippen molar-refractivity contribution < 1.29 is 18.5 Å². The minimum Gasteiger partial charge on any atom is -0.408 e. The van der Waals surface area contributed by atoms with Crippen molar-refractivity contribution >= 4 is 28.6 Å². The average Bonchev–Trinajstić information content (AvgIpc) is 3.23. The van der Waals surface area contributed by atoms with E-state index in [0.717, 1.165) is 0 Å². The van der Waals surface area contributed by atoms with Crippen molar-refractivity contribution in [2.75, 3.05) is 13.1 Å². The maximum atomic E-state index is 12.6. The Labute approximate surface area is 164 Å². The third-order valence-electron chi connectivity index (χ3n) is 4.73. The molecule has 0 aliphatic carbocycles. The van der Waals surface area contributed by atoms with E-state index in [-0.39, 0.29) is 25.2 Å². The molecular weight excluding hydrogens is 388 g/mol. The van der Waals surface area contributed by atoms with Crippen LogP contribution < -0.4 is 5.76 Å². The SMILES string of the molecule is Cc1noc(COC2CCN(C(=O)Cn3c(=O)oc4cc(Cl)ccc43)CC2)n1. The van der Waals surface area contributed by atoms with Crippen LogP contribution >= 0.6 is 11.6 Å². The van der Waals surface area contributed by atoms with E-state index in [4.69, 9.17) is 25.3 Å². The van der Waals surface area contributed by atoms with Gasteiger partial charge in [0, 0.05) is 24.2 Å². The Morgan fingerprint density at radius 1 is 1.36 bits per heavy atom. The number of likely N-dealkylation sites (tertiary alicyclic amines) is 1. The average molecular weight is 407 g/mol. The molecule has 10 heteroatoms. The molecule has 1 saturated heterocycles. The molecule has 9 nitrogen and oxygen atoms in total. The Morgan fingerprint density at radius 3 is 2.86 bits per heavy atom. The molecule has 3 heterocycles. The van der Waals surface area contributed by atoms with Crippen LogP contribution in [0.15, 0.2) is 31.9 Å². The van der Waals surface area contributed by atoms with E-state index < -0.39 is 5.76 Å². The second-order valence-electron chi connectivity index (χ2n) is 6.69. The Bertz CT molecular complexity index is 1050. The molecule has 1 fully saturated rings. The lowest BCUT2D eigenvalue weighted by atomic mass is 10.1. The van der Waals surface area contributed by atoms with Crippen molar-refractivity contribution in [3.05, 3.63) is 45.5 Å². The minimum atomic E-state index is -0.571. The number of aryl methyl sites for hydroxylation is 1. The largest absolute Gasteiger partial charge is 0.420 e. The highest BCUT2D eigenvalue weighted by atomic mass is 35.5. The molecule has 0 spiro atoms. The second-order valence-corrected chi connectivity index (χ2v) is 7.13. The summed E-state index contributed by atoms with van der Waals surface area (Å²) < 4.78 is 17.3. The van der Waals surface area contributed by atoms with E-state index in [1.54, 1.807) is 30.0 Å². The number of benzene rings is 1. The number of rotatable bonds is 5. The molecule has 0 bridgehead atoms. The van der Waals surface area contributed by atoms with Crippen molar-refractivity contribution in [1.82, 2.24) is 19.6 Å². The van der Waals surface area contributed by atoms with E-state index in [1.165, 1.54) is 4.57 Å². The van der Waals surface area contributed by atoms with E-state index in [1.807, 2.05) is 0 Å². The van der Waals surface area contributed by atoms with Crippen LogP contribution in [0.1, 0.15) is 24.6 Å². The predicted molar refractivity (Wildman–Crippen MR) is 98.9 cm³/mol. The molecule has 1 aromatic carbocycles. The summed E-state index contributed by atoms with van der Waals surface area (Å²) in [4.78, 5) is 30.6. The first-order valence-electron chi connectivity index (χ1n) is 8.97. The van der Waals surface area contributed by atoms with Crippen LogP contribution in [0.3, 0.4) is 0 Å². The molecule has 1 aliphatic heterocycles. The number of piperidine rings is 1. The van der Waals surface area contributed by atoms with Crippen LogP contribution in [-0.4, -0.2) is 44.7 Å². The normalized spacial score (nSPS) is 15.4. The number of amides is 1. The molecule has 1 aliphatic rings. The molecule has 0 N–H and O–H groups in total. The van der Waals surface area contributed by atoms with Gasteiger partial charge in [-0.15, -0.1) is 0 Å². The number of aromatic nitrogens is 3. The van der Waals surface area contributed by atoms with Crippen LogP contribution in [0.4, 0.5) is 0 Å². The number of carbonyl (C=O) groups excluding carboxylic acids is 1. The highest BCUT2D eigenvalue weighted by Crippen LogP contribution is 2.19. The number of hydrogen-bond donors (Lipinski definition) is 0. The van der Waals surface area contributed by atoms with Gasteiger partial charge in [0.25, 0.3) is 5.89 Å². The Hall–Kier alpha value is -2.65. The smallest absolute Gasteiger partial charge is 0.408 e. The molecular formula is C18H19ClN4O5. The van der Waals surface area contributed by atoms with Gasteiger partial charge in [0.2, 0.25) is 5.91 Å². The van der Waals surface area contributed by atoms with E-state index in [2.05, 4.69) is 10.1 Å². The standard InChI is InChI=1S/C18H19ClN4O5/c1-11-20-16(28-21-11)10-26-13-4-6-22(7-5-13)17(24)9-23-14-3-2-12(19)8-15(14)27-18(23)25/h2-3,8,13H,4-7,9-10H2,1H3. The highest BCUT2D eigenvalue weighted by Gasteiger charge is 2.25. The van der Waals surface area contributed by atoms with Crippen molar-refractivity contribution in [3.8, 4) is 0 Å². The molecule has 1 amide bonds. The van der Waals surface area contributed by atoms with Gasteiger partial charge < -0.3 is 18.6 Å². The zero-order valence-corrected chi connectivity index (χ0v) is 16.0. The fourth-order valence-corrected chi connectivity index (χ4v) is 3.45. The van der Waals surface area contributed by atoms with Crippen molar-refractivity contribution in [2.45, 2.75) is 39.0 Å². The lowest BCUT2D eigenvalue weighted by Gasteiger charge is -2.31. The molecule has 4 rings (SSSR count). The second kappa shape index (κ2) is 7.76. The first-order chi connectivity index (χ1) is 13.5. The topological polar surface area (TPSA) is 104 Å². The number of fused-ring (bicyclic) bond motifs is 1. The van der Waals surface area contributed by atoms with Gasteiger partial charge in [0.05, 0.1) is 11.6 Å². The first kappa shape index (κ1) is 18.7. The van der Waals surface area contributed by atoms with Crippen LogP contribution in [0.5, 0.6) is 0 Å². The summed E-state index contributed by atoms with van der Waals surface area (Å²) in [6.07, 6.45) is 1.43. The van der Waals surface area contributed by atoms with Crippen LogP contribution in [-0.2, 0) is 22.7 Å². The lowest BCUT2D eigenvalue weighted by Crippen LogP contribution is -2.43. The third kappa shape index (κ3) is 3.95. The third-order valence-corrected chi connectivity index (χ3v) is 4.97. The lowest BCUT2D eigenvalue weighted by molar-refractivity contribution is -0.134. The number of nitrogens with zero attached hydrogens (tertiary/aromatic N) is 4. The summed E-state index contributed by atoms with van der Waals surface area (Å²) in [6, 6.07) is 4.90. The molecule has 0 unspecified atom stereocenters. The van der Waals surface area contributed by atoms with Crippen LogP contribution in [0.25, 0.3) is 11.1 Å². The highest BCUT2D eigenvalue weighted by molar-refractivity contribution is 6.31. The number of oxazole rings is 1. The van der Waals surface area contributed by atoms with Gasteiger partial charge in [-0.1, -0.05) is 16.8 Å². The van der Waals surface area contributed by atoms with Gasteiger partial charge in [-0.3, -0.25) is 9.36 Å². The Kier molecular flexibility index (Phi) is 5.19. The summed E-state index contributed by atoms with van der Waals surface area (Å²) >= 11 is 5.92. The molecule has 28 heavy (non-hydrogen) atoms. The number of halogens is 1. The molecule has 0 radical (unpaired) electrons. The van der Waals surface area contributed by atoms with Gasteiger partial charge in [-0.2, -0.15) is 4.98 Å². The fourth-order valence-electron chi connectivity index (χ4n) is 3.28. The van der Waals surface area contributed by atoms with Gasteiger partial charge in [0.15, 0.2) is 11.4 Å². The summed E-state index contributed by atoms with van der Waals surface area (Å²) in [5.41, 5.74) is 0.921. The van der Waals surface area contributed by atoms with Crippen molar-refractivity contribution in [3.63, 3.8) is 0 Å². The molecule has 3 aromatic rings. The quantitative estimate of drug-likeness (QED) is 0.639. The summed E-state index contributed by atoms with van der Waals surface area (Å²) in [5, 5.41) is 4.19. The van der Waals surface area contributed by atoms with Gasteiger partial charge >= 0.3 is 5.76 Å². The van der Waals surface area contributed by atoms with E-state index in [9.17, 15) is 9.59 Å². The summed E-state index contributed by atoms with van der Waals surface area (Å²) in [7, 11) is 0. The van der Waals surface area contributed by atoms with Crippen LogP contribution in [0.2, 0.25) is 5.02 Å². The zero-order chi connectivity index (χ0) is 19.7. The maximum absolute atomic E-state index is 12.6. The molecule has 0 saturated carbocycles. The fraction of sp³-hybridized carbons (Fsp3) is 0.444. The van der Waals surface area contributed by atoms with Crippen molar-refractivity contribution in [1.29, 1.82) is 0 Å².